The number of hydrogen-bond acceptors (Lipinski definition) is 4. The van der Waals surface area contributed by atoms with Crippen molar-refractivity contribution >= 4 is 11.8 Å². The van der Waals surface area contributed by atoms with Gasteiger partial charge in [0.2, 0.25) is 0 Å². The van der Waals surface area contributed by atoms with Crippen molar-refractivity contribution in [3.63, 3.8) is 0 Å². The monoisotopic (exact) mass is 302 g/mol. The molecule has 2 amide bonds. The number of rotatable bonds is 6. The van der Waals surface area contributed by atoms with Crippen molar-refractivity contribution in [1.82, 2.24) is 10.6 Å². The molecule has 0 heterocycles. The van der Waals surface area contributed by atoms with Crippen LogP contribution in [0, 0.1) is 11.6 Å². The van der Waals surface area contributed by atoms with Crippen molar-refractivity contribution in [2.45, 2.75) is 12.8 Å². The topological polar surface area (TPSA) is 76.7 Å². The quantitative estimate of drug-likeness (QED) is 0.586. The lowest BCUT2D eigenvalue weighted by molar-refractivity contribution is -0.141. The highest BCUT2D eigenvalue weighted by Crippen LogP contribution is 2.08. The van der Waals surface area contributed by atoms with Gasteiger partial charge in [0.25, 0.3) is 0 Å². The minimum Gasteiger partial charge on any atom is -0.354 e. The molecule has 0 bridgehead atoms. The van der Waals surface area contributed by atoms with Crippen LogP contribution in [-0.4, -0.2) is 38.9 Å². The molecule has 1 rings (SSSR count). The first-order valence-corrected chi connectivity index (χ1v) is 6.03. The van der Waals surface area contributed by atoms with Gasteiger partial charge in [-0.2, -0.15) is 0 Å². The van der Waals surface area contributed by atoms with Crippen molar-refractivity contribution in [3.8, 4) is 0 Å². The number of benzene rings is 1. The molecule has 8 heteroatoms. The molecule has 0 aliphatic heterocycles. The molecule has 1 aromatic rings. The standard InChI is InChI=1S/C13H16F2N2O4/c1-20-11(21-2)7-17-13(19)12(18)16-6-8-3-4-9(14)10(15)5-8/h3-5,11H,6-7H2,1-2H3,(H,16,18)(H,17,19). The molecule has 0 atom stereocenters. The smallest absolute Gasteiger partial charge is 0.309 e. The molecular formula is C13H16F2N2O4. The fourth-order valence-corrected chi connectivity index (χ4v) is 1.43. The van der Waals surface area contributed by atoms with E-state index in [0.717, 1.165) is 12.1 Å². The number of halogens is 2. The van der Waals surface area contributed by atoms with Gasteiger partial charge in [0.05, 0.1) is 6.54 Å². The van der Waals surface area contributed by atoms with Crippen molar-refractivity contribution in [2.75, 3.05) is 20.8 Å². The molecule has 21 heavy (non-hydrogen) atoms. The molecule has 0 radical (unpaired) electrons. The molecule has 0 saturated heterocycles. The second kappa shape index (κ2) is 8.28. The van der Waals surface area contributed by atoms with E-state index in [0.29, 0.717) is 5.56 Å². The van der Waals surface area contributed by atoms with E-state index in [9.17, 15) is 18.4 Å². The molecule has 0 spiro atoms. The second-order valence-electron chi connectivity index (χ2n) is 4.04. The Kier molecular flexibility index (Phi) is 6.70. The zero-order chi connectivity index (χ0) is 15.8. The van der Waals surface area contributed by atoms with Crippen molar-refractivity contribution in [3.05, 3.63) is 35.4 Å². The molecule has 2 N–H and O–H groups in total. The number of methoxy groups -OCH3 is 2. The Hall–Kier alpha value is -2.06. The normalized spacial score (nSPS) is 10.5. The summed E-state index contributed by atoms with van der Waals surface area (Å²) >= 11 is 0. The van der Waals surface area contributed by atoms with E-state index in [4.69, 9.17) is 9.47 Å². The van der Waals surface area contributed by atoms with Gasteiger partial charge >= 0.3 is 11.8 Å². The maximum atomic E-state index is 13.0. The second-order valence-corrected chi connectivity index (χ2v) is 4.04. The summed E-state index contributed by atoms with van der Waals surface area (Å²) in [6, 6.07) is 3.19. The molecule has 0 aliphatic rings. The summed E-state index contributed by atoms with van der Waals surface area (Å²) in [7, 11) is 2.78. The Bertz CT molecular complexity index is 507. The van der Waals surface area contributed by atoms with Crippen LogP contribution >= 0.6 is 0 Å². The van der Waals surface area contributed by atoms with Gasteiger partial charge in [0.15, 0.2) is 17.9 Å². The Labute approximate surface area is 120 Å². The maximum absolute atomic E-state index is 13.0. The fourth-order valence-electron chi connectivity index (χ4n) is 1.43. The first kappa shape index (κ1) is 17.0. The van der Waals surface area contributed by atoms with Crippen LogP contribution in [0.2, 0.25) is 0 Å². The minimum absolute atomic E-state index is 0.00439. The van der Waals surface area contributed by atoms with Gasteiger partial charge in [-0.3, -0.25) is 9.59 Å². The number of carbonyl (C=O) groups is 2. The van der Waals surface area contributed by atoms with Crippen LogP contribution in [0.15, 0.2) is 18.2 Å². The summed E-state index contributed by atoms with van der Waals surface area (Å²) in [6.45, 7) is -0.0914. The van der Waals surface area contributed by atoms with E-state index in [1.807, 2.05) is 0 Å². The third-order valence-corrected chi connectivity index (χ3v) is 2.60. The Morgan fingerprint density at radius 3 is 2.29 bits per heavy atom. The lowest BCUT2D eigenvalue weighted by Gasteiger charge is -2.13. The van der Waals surface area contributed by atoms with E-state index in [1.165, 1.54) is 20.3 Å². The largest absolute Gasteiger partial charge is 0.354 e. The highest BCUT2D eigenvalue weighted by atomic mass is 19.2. The van der Waals surface area contributed by atoms with Crippen LogP contribution < -0.4 is 10.6 Å². The van der Waals surface area contributed by atoms with E-state index in [-0.39, 0.29) is 13.1 Å². The predicted octanol–water partition coefficient (Wildman–Crippen LogP) is 0.316. The molecular weight excluding hydrogens is 286 g/mol. The van der Waals surface area contributed by atoms with Gasteiger partial charge in [-0.15, -0.1) is 0 Å². The van der Waals surface area contributed by atoms with E-state index < -0.39 is 29.7 Å². The van der Waals surface area contributed by atoms with Crippen molar-refractivity contribution < 1.29 is 27.8 Å². The van der Waals surface area contributed by atoms with Gasteiger partial charge in [-0.05, 0) is 17.7 Å². The SMILES string of the molecule is COC(CNC(=O)C(=O)NCc1ccc(F)c(F)c1)OC. The van der Waals surface area contributed by atoms with Gasteiger partial charge in [-0.1, -0.05) is 6.07 Å². The summed E-state index contributed by atoms with van der Waals surface area (Å²) in [5.41, 5.74) is 0.335. The number of ether oxygens (including phenoxy) is 2. The Morgan fingerprint density at radius 2 is 1.71 bits per heavy atom. The molecule has 0 aromatic heterocycles. The summed E-state index contributed by atoms with van der Waals surface area (Å²) in [5, 5.41) is 4.59. The van der Waals surface area contributed by atoms with Crippen molar-refractivity contribution in [2.24, 2.45) is 0 Å². The first-order valence-electron chi connectivity index (χ1n) is 6.03. The predicted molar refractivity (Wildman–Crippen MR) is 69.0 cm³/mol. The average Bonchev–Trinajstić information content (AvgIpc) is 2.48. The first-order chi connectivity index (χ1) is 9.97. The van der Waals surface area contributed by atoms with Crippen LogP contribution in [0.1, 0.15) is 5.56 Å². The van der Waals surface area contributed by atoms with E-state index in [1.54, 1.807) is 0 Å². The summed E-state index contributed by atoms with van der Waals surface area (Å²) < 4.78 is 35.3. The Balaban J connectivity index is 2.42. The lowest BCUT2D eigenvalue weighted by atomic mass is 10.2. The third-order valence-electron chi connectivity index (χ3n) is 2.60. The van der Waals surface area contributed by atoms with E-state index >= 15 is 0 Å². The Morgan fingerprint density at radius 1 is 1.10 bits per heavy atom. The van der Waals surface area contributed by atoms with Gasteiger partial charge in [-0.25, -0.2) is 8.78 Å². The van der Waals surface area contributed by atoms with Crippen LogP contribution in [0.25, 0.3) is 0 Å². The van der Waals surface area contributed by atoms with Crippen molar-refractivity contribution in [1.29, 1.82) is 0 Å². The zero-order valence-corrected chi connectivity index (χ0v) is 11.6. The molecule has 116 valence electrons. The number of carbonyl (C=O) groups excluding carboxylic acids is 2. The molecule has 0 unspecified atom stereocenters. The average molecular weight is 302 g/mol. The summed E-state index contributed by atoms with van der Waals surface area (Å²) in [6.07, 6.45) is -0.659. The minimum atomic E-state index is -1.02. The molecule has 0 fully saturated rings. The molecule has 0 aliphatic carbocycles. The number of nitrogens with one attached hydrogen (secondary N) is 2. The van der Waals surface area contributed by atoms with Gasteiger partial charge < -0.3 is 20.1 Å². The number of amides is 2. The van der Waals surface area contributed by atoms with E-state index in [2.05, 4.69) is 10.6 Å². The maximum Gasteiger partial charge on any atom is 0.309 e. The highest BCUT2D eigenvalue weighted by Gasteiger charge is 2.15. The summed E-state index contributed by atoms with van der Waals surface area (Å²) in [5.74, 6) is -3.77. The third kappa shape index (κ3) is 5.44. The molecule has 0 saturated carbocycles. The fraction of sp³-hybridized carbons (Fsp3) is 0.385. The summed E-state index contributed by atoms with van der Waals surface area (Å²) in [4.78, 5) is 22.9. The van der Waals surface area contributed by atoms with Crippen LogP contribution in [0.5, 0.6) is 0 Å². The van der Waals surface area contributed by atoms with Crippen LogP contribution in [0.4, 0.5) is 8.78 Å². The zero-order valence-electron chi connectivity index (χ0n) is 11.6. The molecule has 1 aromatic carbocycles. The van der Waals surface area contributed by atoms with Crippen LogP contribution in [-0.2, 0) is 25.6 Å². The van der Waals surface area contributed by atoms with Crippen LogP contribution in [0.3, 0.4) is 0 Å². The number of hydrogen-bond donors (Lipinski definition) is 2. The molecule has 6 nitrogen and oxygen atoms in total. The van der Waals surface area contributed by atoms with Gasteiger partial charge in [0, 0.05) is 20.8 Å². The van der Waals surface area contributed by atoms with Gasteiger partial charge in [0.1, 0.15) is 0 Å². The highest BCUT2D eigenvalue weighted by molar-refractivity contribution is 6.35. The lowest BCUT2D eigenvalue weighted by Crippen LogP contribution is -2.43.